The van der Waals surface area contributed by atoms with E-state index in [1.165, 1.54) is 14.0 Å². The molecule has 146 valence electrons. The van der Waals surface area contributed by atoms with E-state index in [0.717, 1.165) is 16.7 Å². The third-order valence-corrected chi connectivity index (χ3v) is 5.79. The van der Waals surface area contributed by atoms with Crippen LogP contribution in [0, 0.1) is 13.8 Å². The Kier molecular flexibility index (Phi) is 6.92. The fourth-order valence-electron chi connectivity index (χ4n) is 2.58. The van der Waals surface area contributed by atoms with Gasteiger partial charge in [-0.1, -0.05) is 0 Å². The lowest BCUT2D eigenvalue weighted by Gasteiger charge is -2.21. The van der Waals surface area contributed by atoms with Gasteiger partial charge < -0.3 is 9.64 Å². The first kappa shape index (κ1) is 20.9. The molecule has 1 aromatic heterocycles. The number of ether oxygens (including phenoxy) is 1. The summed E-state index contributed by atoms with van der Waals surface area (Å²) in [6.45, 7) is 5.95. The van der Waals surface area contributed by atoms with Gasteiger partial charge in [0.05, 0.1) is 7.11 Å². The number of aryl methyl sites for hydroxylation is 2. The van der Waals surface area contributed by atoms with Gasteiger partial charge in [0.2, 0.25) is 15.9 Å². The number of hydrogen-bond donors (Lipinski definition) is 1. The third-order valence-electron chi connectivity index (χ3n) is 4.31. The molecule has 0 aliphatic carbocycles. The molecule has 1 aromatic carbocycles. The van der Waals surface area contributed by atoms with Crippen LogP contribution in [0.2, 0.25) is 0 Å². The summed E-state index contributed by atoms with van der Waals surface area (Å²) in [6, 6.07) is 6.94. The standard InChI is InChI=1S/C19H25N3O4S/c1-14-11-18(26-4)19(12-15(14)2)27(24,25)21-9-10-22(16(3)23)13-17-5-7-20-8-6-17/h5-8,11-12,21H,9-10,13H2,1-4H3. The van der Waals surface area contributed by atoms with E-state index in [-0.39, 0.29) is 23.9 Å². The molecule has 2 rings (SSSR count). The lowest BCUT2D eigenvalue weighted by molar-refractivity contribution is -0.129. The van der Waals surface area contributed by atoms with E-state index in [9.17, 15) is 13.2 Å². The van der Waals surface area contributed by atoms with Gasteiger partial charge in [-0.3, -0.25) is 9.78 Å². The normalized spacial score (nSPS) is 11.3. The van der Waals surface area contributed by atoms with Gasteiger partial charge in [0.1, 0.15) is 10.6 Å². The molecule has 0 spiro atoms. The highest BCUT2D eigenvalue weighted by Crippen LogP contribution is 2.27. The molecule has 0 aliphatic rings. The Bertz CT molecular complexity index is 899. The highest BCUT2D eigenvalue weighted by molar-refractivity contribution is 7.89. The van der Waals surface area contributed by atoms with Crippen LogP contribution < -0.4 is 9.46 Å². The highest BCUT2D eigenvalue weighted by Gasteiger charge is 2.21. The second kappa shape index (κ2) is 8.96. The number of rotatable bonds is 8. The lowest BCUT2D eigenvalue weighted by Crippen LogP contribution is -2.37. The summed E-state index contributed by atoms with van der Waals surface area (Å²) in [5.41, 5.74) is 2.74. The zero-order valence-electron chi connectivity index (χ0n) is 16.0. The number of sulfonamides is 1. The molecule has 1 N–H and O–H groups in total. The van der Waals surface area contributed by atoms with Crippen molar-refractivity contribution in [2.24, 2.45) is 0 Å². The van der Waals surface area contributed by atoms with Crippen LogP contribution >= 0.6 is 0 Å². The minimum absolute atomic E-state index is 0.0941. The molecule has 1 heterocycles. The summed E-state index contributed by atoms with van der Waals surface area (Å²) in [7, 11) is -2.32. The van der Waals surface area contributed by atoms with E-state index >= 15 is 0 Å². The molecule has 7 nitrogen and oxygen atoms in total. The Balaban J connectivity index is 2.08. The van der Waals surface area contributed by atoms with Crippen molar-refractivity contribution in [3.63, 3.8) is 0 Å². The molecule has 0 unspecified atom stereocenters. The van der Waals surface area contributed by atoms with Crippen LogP contribution in [0.5, 0.6) is 5.75 Å². The smallest absolute Gasteiger partial charge is 0.244 e. The molecule has 0 saturated heterocycles. The van der Waals surface area contributed by atoms with E-state index < -0.39 is 10.0 Å². The maximum Gasteiger partial charge on any atom is 0.244 e. The summed E-state index contributed by atoms with van der Waals surface area (Å²) in [5.74, 6) is 0.167. The van der Waals surface area contributed by atoms with E-state index in [1.54, 1.807) is 29.4 Å². The predicted octanol–water partition coefficient (Wildman–Crippen LogP) is 2.03. The van der Waals surface area contributed by atoms with Gasteiger partial charge in [-0.15, -0.1) is 0 Å². The van der Waals surface area contributed by atoms with Gasteiger partial charge in [0, 0.05) is 39.0 Å². The third kappa shape index (κ3) is 5.51. The minimum atomic E-state index is -3.76. The zero-order valence-corrected chi connectivity index (χ0v) is 16.8. The fraction of sp³-hybridized carbons (Fsp3) is 0.368. The average molecular weight is 391 g/mol. The SMILES string of the molecule is COc1cc(C)c(C)cc1S(=O)(=O)NCCN(Cc1ccncc1)C(C)=O. The molecule has 0 saturated carbocycles. The van der Waals surface area contributed by atoms with Crippen LogP contribution in [0.4, 0.5) is 0 Å². The summed E-state index contributed by atoms with van der Waals surface area (Å²) in [6.07, 6.45) is 3.31. The average Bonchev–Trinajstić information content (AvgIpc) is 2.63. The number of hydrogen-bond acceptors (Lipinski definition) is 5. The van der Waals surface area contributed by atoms with Crippen LogP contribution in [0.15, 0.2) is 41.6 Å². The molecule has 0 aliphatic heterocycles. The second-order valence-corrected chi connectivity index (χ2v) is 8.02. The first-order chi connectivity index (χ1) is 12.7. The molecule has 0 fully saturated rings. The molecule has 8 heteroatoms. The largest absolute Gasteiger partial charge is 0.495 e. The van der Waals surface area contributed by atoms with Crippen LogP contribution in [0.25, 0.3) is 0 Å². The molecule has 0 radical (unpaired) electrons. The van der Waals surface area contributed by atoms with Crippen molar-refractivity contribution >= 4 is 15.9 Å². The Morgan fingerprint density at radius 2 is 1.81 bits per heavy atom. The Morgan fingerprint density at radius 3 is 2.41 bits per heavy atom. The van der Waals surface area contributed by atoms with Gasteiger partial charge in [-0.2, -0.15) is 0 Å². The predicted molar refractivity (Wildman–Crippen MR) is 103 cm³/mol. The number of pyridine rings is 1. The highest BCUT2D eigenvalue weighted by atomic mass is 32.2. The van der Waals surface area contributed by atoms with Crippen molar-refractivity contribution in [3.05, 3.63) is 53.3 Å². The van der Waals surface area contributed by atoms with E-state index in [0.29, 0.717) is 12.3 Å². The van der Waals surface area contributed by atoms with Gasteiger partial charge in [-0.25, -0.2) is 13.1 Å². The van der Waals surface area contributed by atoms with Crippen molar-refractivity contribution in [3.8, 4) is 5.75 Å². The van der Waals surface area contributed by atoms with Crippen LogP contribution in [0.1, 0.15) is 23.6 Å². The maximum atomic E-state index is 12.7. The van der Waals surface area contributed by atoms with Crippen LogP contribution in [-0.2, 0) is 21.4 Å². The Labute approximate surface area is 160 Å². The molecule has 27 heavy (non-hydrogen) atoms. The number of nitrogens with one attached hydrogen (secondary N) is 1. The number of methoxy groups -OCH3 is 1. The monoisotopic (exact) mass is 391 g/mol. The van der Waals surface area contributed by atoms with E-state index in [4.69, 9.17) is 4.74 Å². The van der Waals surface area contributed by atoms with Crippen molar-refractivity contribution in [2.75, 3.05) is 20.2 Å². The van der Waals surface area contributed by atoms with Gasteiger partial charge in [0.15, 0.2) is 0 Å². The Hall–Kier alpha value is -2.45. The first-order valence-electron chi connectivity index (χ1n) is 8.54. The summed E-state index contributed by atoms with van der Waals surface area (Å²) < 4.78 is 33.1. The quantitative estimate of drug-likeness (QED) is 0.744. The van der Waals surface area contributed by atoms with E-state index in [1.807, 2.05) is 26.0 Å². The van der Waals surface area contributed by atoms with Crippen molar-refractivity contribution in [2.45, 2.75) is 32.2 Å². The summed E-state index contributed by atoms with van der Waals surface area (Å²) in [4.78, 5) is 17.5. The zero-order chi connectivity index (χ0) is 20.0. The van der Waals surface area contributed by atoms with E-state index in [2.05, 4.69) is 9.71 Å². The number of carbonyl (C=O) groups excluding carboxylic acids is 1. The second-order valence-electron chi connectivity index (χ2n) is 6.28. The van der Waals surface area contributed by atoms with Crippen molar-refractivity contribution in [1.29, 1.82) is 0 Å². The summed E-state index contributed by atoms with van der Waals surface area (Å²) in [5, 5.41) is 0. The minimum Gasteiger partial charge on any atom is -0.495 e. The molecular formula is C19H25N3O4S. The van der Waals surface area contributed by atoms with Gasteiger partial charge >= 0.3 is 0 Å². The maximum absolute atomic E-state index is 12.7. The Morgan fingerprint density at radius 1 is 1.19 bits per heavy atom. The topological polar surface area (TPSA) is 88.6 Å². The van der Waals surface area contributed by atoms with Crippen molar-refractivity contribution < 1.29 is 17.9 Å². The van der Waals surface area contributed by atoms with Gasteiger partial charge in [-0.05, 0) is 54.8 Å². The molecule has 0 atom stereocenters. The molecule has 2 aromatic rings. The molecular weight excluding hydrogens is 366 g/mol. The van der Waals surface area contributed by atoms with Crippen LogP contribution in [0.3, 0.4) is 0 Å². The number of amides is 1. The lowest BCUT2D eigenvalue weighted by atomic mass is 10.1. The fourth-order valence-corrected chi connectivity index (χ4v) is 3.84. The number of aromatic nitrogens is 1. The molecule has 0 bridgehead atoms. The van der Waals surface area contributed by atoms with Gasteiger partial charge in [0.25, 0.3) is 0 Å². The number of carbonyl (C=O) groups is 1. The van der Waals surface area contributed by atoms with Crippen molar-refractivity contribution in [1.82, 2.24) is 14.6 Å². The number of benzene rings is 1. The number of nitrogens with zero attached hydrogens (tertiary/aromatic N) is 2. The summed E-state index contributed by atoms with van der Waals surface area (Å²) >= 11 is 0. The van der Waals surface area contributed by atoms with Crippen LogP contribution in [-0.4, -0.2) is 44.4 Å². The first-order valence-corrected chi connectivity index (χ1v) is 10.0. The molecule has 1 amide bonds.